The van der Waals surface area contributed by atoms with Crippen molar-refractivity contribution in [1.82, 2.24) is 20.3 Å². The molecular formula is C25H26N6O3. The second-order valence-corrected chi connectivity index (χ2v) is 8.89. The molecule has 2 aromatic carbocycles. The Hall–Kier alpha value is -3.98. The van der Waals surface area contributed by atoms with Crippen molar-refractivity contribution in [3.63, 3.8) is 0 Å². The van der Waals surface area contributed by atoms with E-state index in [2.05, 4.69) is 21.3 Å². The van der Waals surface area contributed by atoms with Gasteiger partial charge in [0.05, 0.1) is 17.3 Å². The molecule has 1 fully saturated rings. The average molecular weight is 459 g/mol. The largest absolute Gasteiger partial charge is 0.349 e. The maximum Gasteiger partial charge on any atom is 0.272 e. The molecule has 2 heterocycles. The Balaban J connectivity index is 1.52. The molecule has 0 saturated heterocycles. The van der Waals surface area contributed by atoms with Crippen LogP contribution in [0.2, 0.25) is 0 Å². The number of hydrogen-bond acceptors (Lipinski definition) is 5. The molecule has 0 radical (unpaired) electrons. The Bertz CT molecular complexity index is 1310. The topological polar surface area (TPSA) is 108 Å². The molecule has 2 atom stereocenters. The molecule has 3 aromatic rings. The smallest absolute Gasteiger partial charge is 0.272 e. The van der Waals surface area contributed by atoms with Crippen molar-refractivity contribution in [2.75, 3.05) is 32.6 Å². The maximum absolute atomic E-state index is 13.3. The van der Waals surface area contributed by atoms with Crippen molar-refractivity contribution < 1.29 is 14.4 Å². The van der Waals surface area contributed by atoms with Crippen molar-refractivity contribution in [2.24, 2.45) is 11.0 Å². The van der Waals surface area contributed by atoms with Crippen molar-refractivity contribution >= 4 is 34.8 Å². The van der Waals surface area contributed by atoms with Gasteiger partial charge in [0.2, 0.25) is 5.91 Å². The van der Waals surface area contributed by atoms with E-state index in [1.165, 1.54) is 10.9 Å². The second-order valence-electron chi connectivity index (χ2n) is 8.89. The van der Waals surface area contributed by atoms with Crippen LogP contribution in [0.5, 0.6) is 0 Å². The fourth-order valence-electron chi connectivity index (χ4n) is 4.46. The fraction of sp³-hybridized carbons (Fsp3) is 0.280. The zero-order chi connectivity index (χ0) is 23.8. The number of aromatic nitrogens is 1. The molecule has 1 aliphatic carbocycles. The molecular weight excluding hydrogens is 432 g/mol. The quantitative estimate of drug-likeness (QED) is 0.502. The van der Waals surface area contributed by atoms with Gasteiger partial charge in [0.15, 0.2) is 0 Å². The number of likely N-dealkylation sites (N-methyl/N-ethyl adjacent to an activating group) is 1. The second kappa shape index (κ2) is 8.75. The molecule has 1 aliphatic heterocycles. The van der Waals surface area contributed by atoms with Crippen LogP contribution in [-0.4, -0.2) is 60.7 Å². The van der Waals surface area contributed by atoms with E-state index in [0.717, 1.165) is 12.0 Å². The molecule has 0 spiro atoms. The lowest BCUT2D eigenvalue weighted by Crippen LogP contribution is -2.35. The minimum Gasteiger partial charge on any atom is -0.349 e. The lowest BCUT2D eigenvalue weighted by molar-refractivity contribution is -0.118. The first-order valence-corrected chi connectivity index (χ1v) is 11.2. The predicted octanol–water partition coefficient (Wildman–Crippen LogP) is 1.88. The van der Waals surface area contributed by atoms with Crippen molar-refractivity contribution in [1.29, 1.82) is 0 Å². The zero-order valence-electron chi connectivity index (χ0n) is 19.0. The summed E-state index contributed by atoms with van der Waals surface area (Å²) in [5.74, 6) is -0.906. The average Bonchev–Trinajstić information content (AvgIpc) is 3.59. The van der Waals surface area contributed by atoms with Crippen LogP contribution >= 0.6 is 0 Å². The van der Waals surface area contributed by atoms with E-state index in [1.807, 2.05) is 49.3 Å². The molecule has 9 nitrogen and oxygen atoms in total. The summed E-state index contributed by atoms with van der Waals surface area (Å²) >= 11 is 0. The van der Waals surface area contributed by atoms with Crippen LogP contribution in [0.25, 0.3) is 10.9 Å². The highest BCUT2D eigenvalue weighted by Crippen LogP contribution is 2.47. The minimum absolute atomic E-state index is 0.154. The summed E-state index contributed by atoms with van der Waals surface area (Å²) in [5, 5.41) is 7.49. The lowest BCUT2D eigenvalue weighted by Gasteiger charge is -2.15. The molecule has 0 unspecified atom stereocenters. The number of carbonyl (C=O) groups is 3. The third-order valence-electron chi connectivity index (χ3n) is 6.27. The summed E-state index contributed by atoms with van der Waals surface area (Å²) in [7, 11) is 3.85. The summed E-state index contributed by atoms with van der Waals surface area (Å²) in [4.78, 5) is 41.0. The van der Waals surface area contributed by atoms with E-state index in [-0.39, 0.29) is 35.3 Å². The molecule has 5 rings (SSSR count). The normalized spacial score (nSPS) is 18.5. The first kappa shape index (κ1) is 21.8. The van der Waals surface area contributed by atoms with Crippen LogP contribution < -0.4 is 16.2 Å². The SMILES string of the molecule is CN(C)CCNC(=O)c1c2c3c(cccc3n1NC(=O)[C@@H]1C[C@H]1c1ccccc1)C(=O)NN=C2. The first-order chi connectivity index (χ1) is 16.5. The van der Waals surface area contributed by atoms with Gasteiger partial charge in [0.1, 0.15) is 5.69 Å². The van der Waals surface area contributed by atoms with Crippen LogP contribution in [0.15, 0.2) is 53.6 Å². The Morgan fingerprint density at radius 3 is 2.71 bits per heavy atom. The molecule has 1 saturated carbocycles. The maximum atomic E-state index is 13.3. The Kier molecular flexibility index (Phi) is 5.62. The number of hydrogen-bond donors (Lipinski definition) is 3. The van der Waals surface area contributed by atoms with E-state index < -0.39 is 0 Å². The van der Waals surface area contributed by atoms with Gasteiger partial charge in [-0.1, -0.05) is 36.4 Å². The lowest BCUT2D eigenvalue weighted by atomic mass is 10.0. The molecule has 3 amide bonds. The summed E-state index contributed by atoms with van der Waals surface area (Å²) in [6.45, 7) is 1.09. The number of amides is 3. The Morgan fingerprint density at radius 2 is 1.94 bits per heavy atom. The standard InChI is InChI=1S/C25H26N6O3/c1-30(2)12-11-26-25(34)22-19-14-27-28-23(32)16-9-6-10-20(21(16)19)31(22)29-24(33)18-13-17(18)15-7-4-3-5-8-15/h3-10,14,17-18H,11-13H2,1-2H3,(H,26,34)(H,28,32)(H,29,33)/t17-,18+/m0/s1. The van der Waals surface area contributed by atoms with Crippen molar-refractivity contribution in [3.8, 4) is 0 Å². The third-order valence-corrected chi connectivity index (χ3v) is 6.27. The Morgan fingerprint density at radius 1 is 1.15 bits per heavy atom. The van der Waals surface area contributed by atoms with E-state index in [4.69, 9.17) is 0 Å². The summed E-state index contributed by atoms with van der Waals surface area (Å²) < 4.78 is 1.51. The van der Waals surface area contributed by atoms with Crippen molar-refractivity contribution in [2.45, 2.75) is 12.3 Å². The summed E-state index contributed by atoms with van der Waals surface area (Å²) in [6.07, 6.45) is 2.21. The summed E-state index contributed by atoms with van der Waals surface area (Å²) in [5.41, 5.74) is 8.25. The van der Waals surface area contributed by atoms with Gasteiger partial charge in [0.25, 0.3) is 11.8 Å². The highest BCUT2D eigenvalue weighted by Gasteiger charge is 2.44. The van der Waals surface area contributed by atoms with Crippen LogP contribution in [0.3, 0.4) is 0 Å². The van der Waals surface area contributed by atoms with Gasteiger partial charge in [0, 0.05) is 30.0 Å². The van der Waals surface area contributed by atoms with Gasteiger partial charge in [-0.2, -0.15) is 5.10 Å². The van der Waals surface area contributed by atoms with E-state index in [1.54, 1.807) is 18.2 Å². The van der Waals surface area contributed by atoms with Gasteiger partial charge in [-0.25, -0.2) is 10.1 Å². The number of hydrazone groups is 1. The molecule has 9 heteroatoms. The molecule has 2 aliphatic rings. The van der Waals surface area contributed by atoms with E-state index in [0.29, 0.717) is 35.1 Å². The molecule has 34 heavy (non-hydrogen) atoms. The van der Waals surface area contributed by atoms with Crippen LogP contribution in [0.4, 0.5) is 0 Å². The van der Waals surface area contributed by atoms with E-state index in [9.17, 15) is 14.4 Å². The van der Waals surface area contributed by atoms with Gasteiger partial charge in [-0.15, -0.1) is 0 Å². The fourth-order valence-corrected chi connectivity index (χ4v) is 4.46. The van der Waals surface area contributed by atoms with Crippen molar-refractivity contribution in [3.05, 3.63) is 70.9 Å². The summed E-state index contributed by atoms with van der Waals surface area (Å²) in [6, 6.07) is 15.1. The van der Waals surface area contributed by atoms with Gasteiger partial charge < -0.3 is 10.2 Å². The first-order valence-electron chi connectivity index (χ1n) is 11.2. The predicted molar refractivity (Wildman–Crippen MR) is 130 cm³/mol. The number of benzene rings is 2. The Labute approximate surface area is 196 Å². The number of nitrogens with one attached hydrogen (secondary N) is 3. The number of carbonyl (C=O) groups excluding carboxylic acids is 3. The van der Waals surface area contributed by atoms with E-state index >= 15 is 0 Å². The van der Waals surface area contributed by atoms with Crippen LogP contribution in [0, 0.1) is 5.92 Å². The molecule has 3 N–H and O–H groups in total. The van der Waals surface area contributed by atoms with Gasteiger partial charge >= 0.3 is 0 Å². The number of nitrogens with zero attached hydrogens (tertiary/aromatic N) is 3. The molecule has 1 aromatic heterocycles. The van der Waals surface area contributed by atoms with Gasteiger partial charge in [-0.3, -0.25) is 19.8 Å². The minimum atomic E-state index is -0.366. The highest BCUT2D eigenvalue weighted by molar-refractivity contribution is 6.19. The van der Waals surface area contributed by atoms with Crippen LogP contribution in [0.1, 0.15) is 44.3 Å². The molecule has 0 bridgehead atoms. The zero-order valence-corrected chi connectivity index (χ0v) is 19.0. The third kappa shape index (κ3) is 3.94. The van der Waals surface area contributed by atoms with Gasteiger partial charge in [-0.05, 0) is 44.1 Å². The molecule has 174 valence electrons. The highest BCUT2D eigenvalue weighted by atomic mass is 16.2. The number of rotatable bonds is 7. The monoisotopic (exact) mass is 458 g/mol. The van der Waals surface area contributed by atoms with Crippen LogP contribution in [-0.2, 0) is 4.79 Å².